The predicted molar refractivity (Wildman–Crippen MR) is 97.0 cm³/mol. The van der Waals surface area contributed by atoms with Gasteiger partial charge in [-0.05, 0) is 56.9 Å². The quantitative estimate of drug-likeness (QED) is 0.835. The molecule has 0 N–H and O–H groups in total. The molecule has 0 amide bonds. The average Bonchev–Trinajstić information content (AvgIpc) is 3.27. The van der Waals surface area contributed by atoms with E-state index in [-0.39, 0.29) is 0 Å². The maximum absolute atomic E-state index is 4.57. The molecule has 2 aromatic rings. The lowest BCUT2D eigenvalue weighted by atomic mass is 9.97. The lowest BCUT2D eigenvalue weighted by Crippen LogP contribution is -2.35. The van der Waals surface area contributed by atoms with Gasteiger partial charge in [0.1, 0.15) is 11.6 Å². The van der Waals surface area contributed by atoms with Crippen LogP contribution in [-0.2, 0) is 20.1 Å². The molecule has 2 saturated heterocycles. The summed E-state index contributed by atoms with van der Waals surface area (Å²) in [6.07, 6.45) is 8.87. The Kier molecular flexibility index (Phi) is 5.08. The Morgan fingerprint density at radius 2 is 1.88 bits per heavy atom. The summed E-state index contributed by atoms with van der Waals surface area (Å²) in [5.41, 5.74) is 1.29. The number of likely N-dealkylation sites (tertiary alicyclic amines) is 2. The van der Waals surface area contributed by atoms with Crippen LogP contribution in [0.25, 0.3) is 0 Å². The van der Waals surface area contributed by atoms with E-state index in [4.69, 9.17) is 0 Å². The summed E-state index contributed by atoms with van der Waals surface area (Å²) in [5, 5.41) is 9.08. The molecule has 0 saturated carbocycles. The second-order valence-corrected chi connectivity index (χ2v) is 7.45. The molecule has 2 aliphatic heterocycles. The summed E-state index contributed by atoms with van der Waals surface area (Å²) in [7, 11) is 2.14. The molecular weight excluding hydrogens is 312 g/mol. The largest absolute Gasteiger partial charge is 0.317 e. The van der Waals surface area contributed by atoms with Crippen molar-refractivity contribution in [2.24, 2.45) is 7.05 Å². The number of pyridine rings is 1. The van der Waals surface area contributed by atoms with E-state index in [1.54, 1.807) is 0 Å². The van der Waals surface area contributed by atoms with Crippen LogP contribution in [0.2, 0.25) is 0 Å². The first-order chi connectivity index (χ1) is 12.3. The van der Waals surface area contributed by atoms with E-state index in [0.29, 0.717) is 5.92 Å². The Hall–Kier alpha value is -1.79. The van der Waals surface area contributed by atoms with E-state index in [2.05, 4.69) is 42.7 Å². The smallest absolute Gasteiger partial charge is 0.146 e. The van der Waals surface area contributed by atoms with Gasteiger partial charge in [-0.3, -0.25) is 14.8 Å². The van der Waals surface area contributed by atoms with E-state index in [1.807, 2.05) is 18.5 Å². The van der Waals surface area contributed by atoms with E-state index in [0.717, 1.165) is 37.8 Å². The summed E-state index contributed by atoms with van der Waals surface area (Å²) >= 11 is 0. The summed E-state index contributed by atoms with van der Waals surface area (Å²) in [5.74, 6) is 2.75. The van der Waals surface area contributed by atoms with Gasteiger partial charge in [0.15, 0.2) is 0 Å². The molecule has 0 spiro atoms. The Balaban J connectivity index is 1.41. The van der Waals surface area contributed by atoms with Gasteiger partial charge in [-0.25, -0.2) is 0 Å². The SMILES string of the molecule is Cn1c(CN2CCCC2)nnc1[C@H]1CCCN(Cc2cccnc2)C1. The average molecular weight is 340 g/mol. The minimum atomic E-state index is 0.482. The van der Waals surface area contributed by atoms with Gasteiger partial charge in [0.2, 0.25) is 0 Å². The highest BCUT2D eigenvalue weighted by Gasteiger charge is 2.26. The first kappa shape index (κ1) is 16.7. The highest BCUT2D eigenvalue weighted by Crippen LogP contribution is 2.27. The van der Waals surface area contributed by atoms with Crippen LogP contribution in [0.5, 0.6) is 0 Å². The zero-order chi connectivity index (χ0) is 17.1. The fourth-order valence-corrected chi connectivity index (χ4v) is 4.17. The normalized spacial score (nSPS) is 22.5. The van der Waals surface area contributed by atoms with Gasteiger partial charge in [-0.15, -0.1) is 10.2 Å². The first-order valence-electron chi connectivity index (χ1n) is 9.51. The highest BCUT2D eigenvalue weighted by molar-refractivity contribution is 5.09. The highest BCUT2D eigenvalue weighted by atomic mass is 15.3. The molecule has 2 aromatic heterocycles. The standard InChI is InChI=1S/C19H28N6/c1-23-18(15-24-9-2-3-10-24)21-22-19(23)17-7-5-11-25(14-17)13-16-6-4-8-20-12-16/h4,6,8,12,17H,2-3,5,7,9-11,13-15H2,1H3/t17-/m0/s1. The monoisotopic (exact) mass is 340 g/mol. The van der Waals surface area contributed by atoms with Crippen molar-refractivity contribution in [3.05, 3.63) is 41.7 Å². The number of hydrogen-bond donors (Lipinski definition) is 0. The first-order valence-corrected chi connectivity index (χ1v) is 9.51. The minimum Gasteiger partial charge on any atom is -0.317 e. The molecule has 0 unspecified atom stereocenters. The van der Waals surface area contributed by atoms with Crippen molar-refractivity contribution in [1.82, 2.24) is 29.5 Å². The van der Waals surface area contributed by atoms with Gasteiger partial charge < -0.3 is 4.57 Å². The summed E-state index contributed by atoms with van der Waals surface area (Å²) < 4.78 is 2.25. The summed E-state index contributed by atoms with van der Waals surface area (Å²) in [6, 6.07) is 4.18. The maximum atomic E-state index is 4.57. The molecule has 0 bridgehead atoms. The maximum Gasteiger partial charge on any atom is 0.146 e. The Morgan fingerprint density at radius 1 is 1.04 bits per heavy atom. The number of rotatable bonds is 5. The van der Waals surface area contributed by atoms with Gasteiger partial charge >= 0.3 is 0 Å². The van der Waals surface area contributed by atoms with Crippen LogP contribution in [0.3, 0.4) is 0 Å². The molecule has 0 aromatic carbocycles. The molecule has 2 aliphatic rings. The second-order valence-electron chi connectivity index (χ2n) is 7.45. The molecule has 6 nitrogen and oxygen atoms in total. The minimum absolute atomic E-state index is 0.482. The number of piperidine rings is 1. The van der Waals surface area contributed by atoms with Gasteiger partial charge in [0.25, 0.3) is 0 Å². The Morgan fingerprint density at radius 3 is 2.68 bits per heavy atom. The zero-order valence-corrected chi connectivity index (χ0v) is 15.1. The van der Waals surface area contributed by atoms with Crippen molar-refractivity contribution in [3.63, 3.8) is 0 Å². The third kappa shape index (κ3) is 3.90. The lowest BCUT2D eigenvalue weighted by Gasteiger charge is -2.32. The van der Waals surface area contributed by atoms with Crippen molar-refractivity contribution in [1.29, 1.82) is 0 Å². The molecule has 4 heterocycles. The van der Waals surface area contributed by atoms with Crippen LogP contribution in [-0.4, -0.2) is 55.7 Å². The number of nitrogens with zero attached hydrogens (tertiary/aromatic N) is 6. The van der Waals surface area contributed by atoms with Crippen molar-refractivity contribution in [2.75, 3.05) is 26.2 Å². The third-order valence-corrected chi connectivity index (χ3v) is 5.56. The zero-order valence-electron chi connectivity index (χ0n) is 15.1. The molecule has 6 heteroatoms. The van der Waals surface area contributed by atoms with E-state index >= 15 is 0 Å². The van der Waals surface area contributed by atoms with E-state index in [9.17, 15) is 0 Å². The molecule has 0 radical (unpaired) electrons. The number of aromatic nitrogens is 4. The molecule has 25 heavy (non-hydrogen) atoms. The van der Waals surface area contributed by atoms with Gasteiger partial charge in [-0.2, -0.15) is 0 Å². The fourth-order valence-electron chi connectivity index (χ4n) is 4.17. The van der Waals surface area contributed by atoms with Gasteiger partial charge in [0, 0.05) is 38.4 Å². The van der Waals surface area contributed by atoms with Crippen molar-refractivity contribution < 1.29 is 0 Å². The molecular formula is C19H28N6. The molecule has 4 rings (SSSR count). The van der Waals surface area contributed by atoms with Crippen LogP contribution < -0.4 is 0 Å². The van der Waals surface area contributed by atoms with E-state index < -0.39 is 0 Å². The van der Waals surface area contributed by atoms with Crippen LogP contribution >= 0.6 is 0 Å². The van der Waals surface area contributed by atoms with Crippen molar-refractivity contribution >= 4 is 0 Å². The van der Waals surface area contributed by atoms with Crippen LogP contribution in [0.4, 0.5) is 0 Å². The second kappa shape index (κ2) is 7.62. The third-order valence-electron chi connectivity index (χ3n) is 5.56. The predicted octanol–water partition coefficient (Wildman–Crippen LogP) is 2.19. The summed E-state index contributed by atoms with van der Waals surface area (Å²) in [6.45, 7) is 6.53. The van der Waals surface area contributed by atoms with Crippen molar-refractivity contribution in [2.45, 2.75) is 44.7 Å². The van der Waals surface area contributed by atoms with E-state index in [1.165, 1.54) is 44.3 Å². The lowest BCUT2D eigenvalue weighted by molar-refractivity contribution is 0.194. The van der Waals surface area contributed by atoms with Gasteiger partial charge in [-0.1, -0.05) is 6.07 Å². The number of hydrogen-bond acceptors (Lipinski definition) is 5. The molecule has 1 atom stereocenters. The van der Waals surface area contributed by atoms with Crippen LogP contribution in [0.15, 0.2) is 24.5 Å². The van der Waals surface area contributed by atoms with Crippen molar-refractivity contribution in [3.8, 4) is 0 Å². The molecule has 134 valence electrons. The van der Waals surface area contributed by atoms with Crippen LogP contribution in [0, 0.1) is 0 Å². The van der Waals surface area contributed by atoms with Gasteiger partial charge in [0.05, 0.1) is 6.54 Å². The summed E-state index contributed by atoms with van der Waals surface area (Å²) in [4.78, 5) is 9.25. The van der Waals surface area contributed by atoms with Crippen LogP contribution in [0.1, 0.15) is 48.8 Å². The topological polar surface area (TPSA) is 50.1 Å². The Bertz CT molecular complexity index is 676. The molecule has 2 fully saturated rings. The Labute approximate surface area is 149 Å². The fraction of sp³-hybridized carbons (Fsp3) is 0.632. The molecule has 0 aliphatic carbocycles.